The van der Waals surface area contributed by atoms with Crippen molar-refractivity contribution in [2.45, 2.75) is 297 Å². The SMILES string of the molecule is CC/C=C\C/C=C\C/C=C\C/C=C\CCCCC(=O)OC[C@H](COC(=O)CCCCCCCCCCC/C=C\C/C=C\CCCCC)OC(=O)CCCCCCCCC/C=C\CCCCCCCCCC. The molecule has 0 aliphatic rings. The fraction of sp³-hybridized carbons (Fsp3) is 0.738. The van der Waals surface area contributed by atoms with Crippen molar-refractivity contribution in [3.63, 3.8) is 0 Å². The van der Waals surface area contributed by atoms with Gasteiger partial charge in [-0.3, -0.25) is 14.4 Å². The Kier molecular flexibility index (Phi) is 56.3. The van der Waals surface area contributed by atoms with E-state index in [-0.39, 0.29) is 31.1 Å². The molecule has 408 valence electrons. The van der Waals surface area contributed by atoms with Crippen molar-refractivity contribution in [3.05, 3.63) is 85.1 Å². The van der Waals surface area contributed by atoms with Crippen LogP contribution in [0.15, 0.2) is 85.1 Å². The van der Waals surface area contributed by atoms with Crippen LogP contribution < -0.4 is 0 Å². The highest BCUT2D eigenvalue weighted by Crippen LogP contribution is 2.15. The molecule has 0 heterocycles. The molecule has 0 saturated heterocycles. The van der Waals surface area contributed by atoms with Crippen LogP contribution in [0.5, 0.6) is 0 Å². The van der Waals surface area contributed by atoms with Gasteiger partial charge in [-0.15, -0.1) is 0 Å². The summed E-state index contributed by atoms with van der Waals surface area (Å²) in [6.07, 6.45) is 77.2. The van der Waals surface area contributed by atoms with Gasteiger partial charge in [0.25, 0.3) is 0 Å². The summed E-state index contributed by atoms with van der Waals surface area (Å²) in [5.74, 6) is -0.936. The molecule has 0 saturated carbocycles. The average molecular weight is 990 g/mol. The number of esters is 3. The summed E-state index contributed by atoms with van der Waals surface area (Å²) in [6, 6.07) is 0. The number of hydrogen-bond donors (Lipinski definition) is 0. The van der Waals surface area contributed by atoms with Gasteiger partial charge in [-0.2, -0.15) is 0 Å². The molecule has 0 bridgehead atoms. The van der Waals surface area contributed by atoms with Gasteiger partial charge in [0.05, 0.1) is 0 Å². The van der Waals surface area contributed by atoms with E-state index in [0.717, 1.165) is 89.9 Å². The Morgan fingerprint density at radius 1 is 0.296 bits per heavy atom. The third kappa shape index (κ3) is 57.4. The molecule has 0 aromatic rings. The summed E-state index contributed by atoms with van der Waals surface area (Å²) < 4.78 is 16.9. The first-order chi connectivity index (χ1) is 35.0. The van der Waals surface area contributed by atoms with E-state index in [1.807, 2.05) is 0 Å². The third-order valence-corrected chi connectivity index (χ3v) is 12.9. The van der Waals surface area contributed by atoms with Crippen LogP contribution in [-0.2, 0) is 28.6 Å². The summed E-state index contributed by atoms with van der Waals surface area (Å²) in [5, 5.41) is 0. The quantitative estimate of drug-likeness (QED) is 0.0261. The van der Waals surface area contributed by atoms with Crippen molar-refractivity contribution < 1.29 is 28.6 Å². The van der Waals surface area contributed by atoms with E-state index in [4.69, 9.17) is 14.2 Å². The second-order valence-electron chi connectivity index (χ2n) is 19.9. The second-order valence-corrected chi connectivity index (χ2v) is 19.9. The van der Waals surface area contributed by atoms with Crippen molar-refractivity contribution in [1.82, 2.24) is 0 Å². The summed E-state index contributed by atoms with van der Waals surface area (Å²) in [7, 11) is 0. The molecule has 0 aliphatic heterocycles. The Morgan fingerprint density at radius 2 is 0.549 bits per heavy atom. The van der Waals surface area contributed by atoms with Crippen LogP contribution >= 0.6 is 0 Å². The van der Waals surface area contributed by atoms with Crippen LogP contribution in [0.1, 0.15) is 290 Å². The summed E-state index contributed by atoms with van der Waals surface area (Å²) in [4.78, 5) is 38.2. The Balaban J connectivity index is 4.43. The minimum absolute atomic E-state index is 0.0932. The summed E-state index contributed by atoms with van der Waals surface area (Å²) >= 11 is 0. The van der Waals surface area contributed by atoms with Crippen LogP contribution in [0, 0.1) is 0 Å². The Hall–Kier alpha value is -3.41. The van der Waals surface area contributed by atoms with Crippen LogP contribution in [0.25, 0.3) is 0 Å². The lowest BCUT2D eigenvalue weighted by molar-refractivity contribution is -0.167. The molecular formula is C65H112O6. The van der Waals surface area contributed by atoms with E-state index < -0.39 is 6.10 Å². The van der Waals surface area contributed by atoms with E-state index >= 15 is 0 Å². The average Bonchev–Trinajstić information content (AvgIpc) is 3.37. The largest absolute Gasteiger partial charge is 0.462 e. The third-order valence-electron chi connectivity index (χ3n) is 12.9. The minimum atomic E-state index is -0.799. The number of ether oxygens (including phenoxy) is 3. The summed E-state index contributed by atoms with van der Waals surface area (Å²) in [6.45, 7) is 6.48. The van der Waals surface area contributed by atoms with Crippen molar-refractivity contribution in [2.24, 2.45) is 0 Å². The molecule has 0 aromatic carbocycles. The molecule has 0 N–H and O–H groups in total. The van der Waals surface area contributed by atoms with Crippen molar-refractivity contribution >= 4 is 17.9 Å². The highest BCUT2D eigenvalue weighted by atomic mass is 16.6. The van der Waals surface area contributed by atoms with Crippen LogP contribution in [0.4, 0.5) is 0 Å². The zero-order chi connectivity index (χ0) is 51.4. The van der Waals surface area contributed by atoms with Gasteiger partial charge >= 0.3 is 17.9 Å². The molecular weight excluding hydrogens is 877 g/mol. The molecule has 71 heavy (non-hydrogen) atoms. The van der Waals surface area contributed by atoms with Gasteiger partial charge in [0.15, 0.2) is 6.10 Å². The van der Waals surface area contributed by atoms with Gasteiger partial charge in [-0.05, 0) is 116 Å². The van der Waals surface area contributed by atoms with E-state index in [1.54, 1.807) is 0 Å². The van der Waals surface area contributed by atoms with Gasteiger partial charge in [0, 0.05) is 19.3 Å². The Bertz CT molecular complexity index is 1370. The normalized spacial score (nSPS) is 12.7. The van der Waals surface area contributed by atoms with Gasteiger partial charge < -0.3 is 14.2 Å². The topological polar surface area (TPSA) is 78.9 Å². The first kappa shape index (κ1) is 67.6. The number of rotatable bonds is 54. The van der Waals surface area contributed by atoms with E-state index in [2.05, 4.69) is 106 Å². The molecule has 0 amide bonds. The van der Waals surface area contributed by atoms with E-state index in [9.17, 15) is 14.4 Å². The molecule has 0 radical (unpaired) electrons. The summed E-state index contributed by atoms with van der Waals surface area (Å²) in [5.41, 5.74) is 0. The predicted molar refractivity (Wildman–Crippen MR) is 307 cm³/mol. The number of carbonyl (C=O) groups excluding carboxylic acids is 3. The fourth-order valence-corrected chi connectivity index (χ4v) is 8.34. The molecule has 0 aromatic heterocycles. The molecule has 1 atom stereocenters. The highest BCUT2D eigenvalue weighted by Gasteiger charge is 2.19. The number of hydrogen-bond acceptors (Lipinski definition) is 6. The Morgan fingerprint density at radius 3 is 0.930 bits per heavy atom. The van der Waals surface area contributed by atoms with Crippen LogP contribution in [0.2, 0.25) is 0 Å². The lowest BCUT2D eigenvalue weighted by atomic mass is 10.1. The lowest BCUT2D eigenvalue weighted by Crippen LogP contribution is -2.30. The lowest BCUT2D eigenvalue weighted by Gasteiger charge is -2.18. The standard InChI is InChI=1S/C65H112O6/c1-4-7-10-13-16-19-22-25-28-30-32-34-37-40-43-46-49-52-55-58-64(67)70-61-62(60-69-63(66)57-54-51-48-45-42-39-36-27-24-21-18-15-12-9-6-3)71-65(68)59-56-53-50-47-44-41-38-35-33-31-29-26-23-20-17-14-11-8-5-2/h9,12,16,18-19,21,25,27-28,31,33,36,42,45,62H,4-8,10-11,13-15,17,20,22-24,26,29-30,32,34-35,37-41,43-44,46-61H2,1-3H3/b12-9-,19-16-,21-18-,28-25-,33-31-,36-27-,45-42-/t62-/m1/s1. The predicted octanol–water partition coefficient (Wildman–Crippen LogP) is 20.3. The molecule has 0 spiro atoms. The number of unbranched alkanes of at least 4 members (excludes halogenated alkanes) is 29. The number of allylic oxidation sites excluding steroid dienone is 14. The molecule has 0 fully saturated rings. The Labute approximate surface area is 439 Å². The van der Waals surface area contributed by atoms with Crippen molar-refractivity contribution in [1.29, 1.82) is 0 Å². The second kappa shape index (κ2) is 59.2. The first-order valence-electron chi connectivity index (χ1n) is 30.1. The van der Waals surface area contributed by atoms with E-state index in [0.29, 0.717) is 19.3 Å². The maximum Gasteiger partial charge on any atom is 0.306 e. The molecule has 0 unspecified atom stereocenters. The van der Waals surface area contributed by atoms with Crippen LogP contribution in [0.3, 0.4) is 0 Å². The molecule has 6 nitrogen and oxygen atoms in total. The molecule has 0 aliphatic carbocycles. The number of carbonyl (C=O) groups is 3. The van der Waals surface area contributed by atoms with Gasteiger partial charge in [0.1, 0.15) is 13.2 Å². The molecule has 0 rings (SSSR count). The monoisotopic (exact) mass is 989 g/mol. The fourth-order valence-electron chi connectivity index (χ4n) is 8.34. The van der Waals surface area contributed by atoms with E-state index in [1.165, 1.54) is 161 Å². The maximum atomic E-state index is 12.9. The zero-order valence-electron chi connectivity index (χ0n) is 46.7. The zero-order valence-corrected chi connectivity index (χ0v) is 46.7. The first-order valence-corrected chi connectivity index (χ1v) is 30.1. The van der Waals surface area contributed by atoms with Crippen LogP contribution in [-0.4, -0.2) is 37.2 Å². The maximum absolute atomic E-state index is 12.9. The highest BCUT2D eigenvalue weighted by molar-refractivity contribution is 5.71. The van der Waals surface area contributed by atoms with Gasteiger partial charge in [-0.25, -0.2) is 0 Å². The van der Waals surface area contributed by atoms with Gasteiger partial charge in [-0.1, -0.05) is 241 Å². The minimum Gasteiger partial charge on any atom is -0.462 e. The smallest absolute Gasteiger partial charge is 0.306 e. The molecule has 6 heteroatoms. The van der Waals surface area contributed by atoms with Crippen molar-refractivity contribution in [3.8, 4) is 0 Å². The van der Waals surface area contributed by atoms with Crippen molar-refractivity contribution in [2.75, 3.05) is 13.2 Å². The van der Waals surface area contributed by atoms with Gasteiger partial charge in [0.2, 0.25) is 0 Å².